The number of esters is 1. The minimum Gasteiger partial charge on any atom is -0.480 e. The van der Waals surface area contributed by atoms with Gasteiger partial charge >= 0.3 is 18.0 Å². The van der Waals surface area contributed by atoms with Crippen LogP contribution in [0.15, 0.2) is 0 Å². The Labute approximate surface area is 131 Å². The Bertz CT molecular complexity index is 393. The van der Waals surface area contributed by atoms with E-state index in [0.717, 1.165) is 12.8 Å². The van der Waals surface area contributed by atoms with Crippen LogP contribution in [0.3, 0.4) is 0 Å². The summed E-state index contributed by atoms with van der Waals surface area (Å²) in [5.74, 6) is -1.45. The molecule has 22 heavy (non-hydrogen) atoms. The lowest BCUT2D eigenvalue weighted by molar-refractivity contribution is -0.165. The summed E-state index contributed by atoms with van der Waals surface area (Å²) >= 11 is 0. The Kier molecular flexibility index (Phi) is 8.52. The van der Waals surface area contributed by atoms with Crippen molar-refractivity contribution in [3.63, 3.8) is 0 Å². The Morgan fingerprint density at radius 2 is 1.68 bits per heavy atom. The molecule has 0 unspecified atom stereocenters. The second-order valence-electron chi connectivity index (χ2n) is 5.47. The van der Waals surface area contributed by atoms with Crippen molar-refractivity contribution in [3.05, 3.63) is 0 Å². The SMILES string of the molecule is CCC(=O)O[C@H](C)OC(=O)N[C@@](C)(CC(CC)CC)C(=O)O. The molecule has 0 bridgehead atoms. The van der Waals surface area contributed by atoms with Crippen molar-refractivity contribution in [1.29, 1.82) is 0 Å². The number of ether oxygens (including phenoxy) is 2. The first-order valence-electron chi connectivity index (χ1n) is 7.60. The highest BCUT2D eigenvalue weighted by Crippen LogP contribution is 2.23. The van der Waals surface area contributed by atoms with Gasteiger partial charge in [0.2, 0.25) is 6.29 Å². The molecule has 0 saturated carbocycles. The number of carboxylic acids is 1. The van der Waals surface area contributed by atoms with E-state index in [2.05, 4.69) is 5.32 Å². The van der Waals surface area contributed by atoms with Crippen LogP contribution in [-0.4, -0.2) is 35.0 Å². The van der Waals surface area contributed by atoms with Gasteiger partial charge in [0.1, 0.15) is 5.54 Å². The van der Waals surface area contributed by atoms with Gasteiger partial charge in [0.05, 0.1) is 0 Å². The largest absolute Gasteiger partial charge is 0.480 e. The number of hydrogen-bond donors (Lipinski definition) is 2. The normalized spacial score (nSPS) is 14.8. The van der Waals surface area contributed by atoms with Crippen molar-refractivity contribution in [3.8, 4) is 0 Å². The molecule has 0 spiro atoms. The number of carbonyl (C=O) groups is 3. The van der Waals surface area contributed by atoms with E-state index in [1.807, 2.05) is 13.8 Å². The molecule has 128 valence electrons. The molecule has 0 radical (unpaired) electrons. The van der Waals surface area contributed by atoms with E-state index in [1.165, 1.54) is 13.8 Å². The third kappa shape index (κ3) is 6.78. The minimum atomic E-state index is -1.43. The molecule has 0 aromatic heterocycles. The van der Waals surface area contributed by atoms with Gasteiger partial charge in [-0.1, -0.05) is 33.6 Å². The lowest BCUT2D eigenvalue weighted by atomic mass is 9.86. The summed E-state index contributed by atoms with van der Waals surface area (Å²) in [6, 6.07) is 0. The maximum atomic E-state index is 11.8. The molecule has 2 atom stereocenters. The second-order valence-corrected chi connectivity index (χ2v) is 5.47. The van der Waals surface area contributed by atoms with Gasteiger partial charge in [-0.05, 0) is 19.3 Å². The van der Waals surface area contributed by atoms with Crippen LogP contribution in [0.5, 0.6) is 0 Å². The van der Waals surface area contributed by atoms with Crippen molar-refractivity contribution >= 4 is 18.0 Å². The van der Waals surface area contributed by atoms with Crippen molar-refractivity contribution < 1.29 is 29.0 Å². The van der Waals surface area contributed by atoms with E-state index in [9.17, 15) is 19.5 Å². The Hall–Kier alpha value is -1.79. The maximum Gasteiger partial charge on any atom is 0.411 e. The fourth-order valence-electron chi connectivity index (χ4n) is 2.04. The third-order valence-corrected chi connectivity index (χ3v) is 3.56. The number of hydrogen-bond acceptors (Lipinski definition) is 5. The van der Waals surface area contributed by atoms with Crippen LogP contribution in [0.1, 0.15) is 60.3 Å². The molecule has 0 fully saturated rings. The van der Waals surface area contributed by atoms with E-state index in [-0.39, 0.29) is 12.3 Å². The third-order valence-electron chi connectivity index (χ3n) is 3.56. The predicted molar refractivity (Wildman–Crippen MR) is 80.2 cm³/mol. The maximum absolute atomic E-state index is 11.8. The zero-order valence-electron chi connectivity index (χ0n) is 14.0. The highest BCUT2D eigenvalue weighted by atomic mass is 16.7. The van der Waals surface area contributed by atoms with Crippen LogP contribution in [0, 0.1) is 5.92 Å². The molecule has 2 N–H and O–H groups in total. The average Bonchev–Trinajstić information content (AvgIpc) is 2.43. The minimum absolute atomic E-state index is 0.164. The van der Waals surface area contributed by atoms with Gasteiger partial charge in [-0.25, -0.2) is 9.59 Å². The molecule has 0 aromatic rings. The van der Waals surface area contributed by atoms with Crippen LogP contribution in [-0.2, 0) is 19.1 Å². The number of alkyl carbamates (subject to hydrolysis) is 1. The zero-order valence-corrected chi connectivity index (χ0v) is 14.0. The first-order chi connectivity index (χ1) is 10.2. The summed E-state index contributed by atoms with van der Waals surface area (Å²) in [4.78, 5) is 34.4. The highest BCUT2D eigenvalue weighted by Gasteiger charge is 2.37. The lowest BCUT2D eigenvalue weighted by Crippen LogP contribution is -2.53. The summed E-state index contributed by atoms with van der Waals surface area (Å²) in [6.07, 6.45) is 0.108. The Balaban J connectivity index is 4.71. The van der Waals surface area contributed by atoms with Crippen LogP contribution in [0.4, 0.5) is 4.79 Å². The van der Waals surface area contributed by atoms with E-state index in [4.69, 9.17) is 9.47 Å². The molecule has 7 nitrogen and oxygen atoms in total. The van der Waals surface area contributed by atoms with Crippen LogP contribution in [0.2, 0.25) is 0 Å². The van der Waals surface area contributed by atoms with Crippen molar-refractivity contribution in [2.45, 2.75) is 72.1 Å². The molecule has 0 saturated heterocycles. The zero-order chi connectivity index (χ0) is 17.3. The quantitative estimate of drug-likeness (QED) is 0.501. The topological polar surface area (TPSA) is 102 Å². The van der Waals surface area contributed by atoms with Gasteiger partial charge in [-0.3, -0.25) is 4.79 Å². The van der Waals surface area contributed by atoms with E-state index in [1.54, 1.807) is 6.92 Å². The fraction of sp³-hybridized carbons (Fsp3) is 0.800. The molecular weight excluding hydrogens is 290 g/mol. The highest BCUT2D eigenvalue weighted by molar-refractivity contribution is 5.84. The number of amides is 1. The van der Waals surface area contributed by atoms with Crippen molar-refractivity contribution in [2.24, 2.45) is 5.92 Å². The molecule has 1 amide bonds. The molecule has 0 aliphatic carbocycles. The summed E-state index contributed by atoms with van der Waals surface area (Å²) in [6.45, 7) is 8.40. The molecule has 0 aliphatic heterocycles. The summed E-state index contributed by atoms with van der Waals surface area (Å²) in [5.41, 5.74) is -1.43. The molecule has 0 aliphatic rings. The standard InChI is InChI=1S/C15H27NO6/c1-6-11(7-2)9-15(5,13(18)19)16-14(20)22-10(4)21-12(17)8-3/h10-11H,6-9H2,1-5H3,(H,16,20)(H,18,19)/t10-,15-/m0/s1. The fourth-order valence-corrected chi connectivity index (χ4v) is 2.04. The smallest absolute Gasteiger partial charge is 0.411 e. The number of rotatable bonds is 9. The van der Waals surface area contributed by atoms with Gasteiger partial charge in [-0.15, -0.1) is 0 Å². The van der Waals surface area contributed by atoms with Crippen molar-refractivity contribution in [1.82, 2.24) is 5.32 Å². The van der Waals surface area contributed by atoms with E-state index >= 15 is 0 Å². The molecular formula is C15H27NO6. The number of aliphatic carboxylic acids is 1. The van der Waals surface area contributed by atoms with Gasteiger partial charge in [0.15, 0.2) is 0 Å². The molecule has 0 aromatic carbocycles. The van der Waals surface area contributed by atoms with Gasteiger partial charge < -0.3 is 19.9 Å². The summed E-state index contributed by atoms with van der Waals surface area (Å²) in [7, 11) is 0. The van der Waals surface area contributed by atoms with Crippen molar-refractivity contribution in [2.75, 3.05) is 0 Å². The molecule has 0 rings (SSSR count). The number of carbonyl (C=O) groups excluding carboxylic acids is 2. The van der Waals surface area contributed by atoms with Gasteiger partial charge in [0.25, 0.3) is 0 Å². The predicted octanol–water partition coefficient (Wildman–Crippen LogP) is 2.68. The van der Waals surface area contributed by atoms with E-state index < -0.39 is 29.9 Å². The van der Waals surface area contributed by atoms with Gasteiger partial charge in [-0.2, -0.15) is 0 Å². The number of carboxylic acid groups (broad SMARTS) is 1. The van der Waals surface area contributed by atoms with Crippen LogP contribution < -0.4 is 5.32 Å². The monoisotopic (exact) mass is 317 g/mol. The first-order valence-corrected chi connectivity index (χ1v) is 7.60. The lowest BCUT2D eigenvalue weighted by Gasteiger charge is -2.29. The Morgan fingerprint density at radius 1 is 1.14 bits per heavy atom. The second kappa shape index (κ2) is 9.27. The van der Waals surface area contributed by atoms with E-state index in [0.29, 0.717) is 6.42 Å². The summed E-state index contributed by atoms with van der Waals surface area (Å²) < 4.78 is 9.66. The van der Waals surface area contributed by atoms with Crippen LogP contribution in [0.25, 0.3) is 0 Å². The Morgan fingerprint density at radius 3 is 2.09 bits per heavy atom. The molecule has 0 heterocycles. The van der Waals surface area contributed by atoms with Crippen LogP contribution >= 0.6 is 0 Å². The summed E-state index contributed by atoms with van der Waals surface area (Å²) in [5, 5.41) is 11.7. The first kappa shape index (κ1) is 20.2. The number of nitrogens with one attached hydrogen (secondary N) is 1. The van der Waals surface area contributed by atoms with Gasteiger partial charge in [0, 0.05) is 13.3 Å². The molecule has 7 heteroatoms. The average molecular weight is 317 g/mol.